The standard InChI is InChI=1S/C36H52N4O10S/c1-36(2,16-9-6-10-17-37-34(42)39(3)4)23-40(51(44,45)26-13-14-30-31(20-26)49-24-48-30)21-29(41)28(19-25-11-7-5-8-12-25)38-35(43)50-32-22-47-33-27(32)15-18-46-33/h5,7-8,11-14,20,27-29,32-33,41H,6,9-10,15-19,21-24H2,1-4H3,(H,37,42)(H,38,43)/t27-,28-,29+,32-,33+/m0/s1. The predicted octanol–water partition coefficient (Wildman–Crippen LogP) is 3.72. The topological polar surface area (TPSA) is 165 Å². The molecule has 2 aromatic rings. The van der Waals surface area contributed by atoms with Gasteiger partial charge in [0.15, 0.2) is 17.8 Å². The summed E-state index contributed by atoms with van der Waals surface area (Å²) < 4.78 is 57.8. The van der Waals surface area contributed by atoms with Gasteiger partial charge in [-0.1, -0.05) is 57.0 Å². The molecule has 282 valence electrons. The van der Waals surface area contributed by atoms with Gasteiger partial charge in [0.1, 0.15) is 6.10 Å². The average Bonchev–Trinajstić information content (AvgIpc) is 3.84. The highest BCUT2D eigenvalue weighted by molar-refractivity contribution is 7.89. The maximum atomic E-state index is 14.4. The van der Waals surface area contributed by atoms with E-state index >= 15 is 0 Å². The maximum absolute atomic E-state index is 14.4. The molecule has 3 N–H and O–H groups in total. The minimum atomic E-state index is -4.16. The third-order valence-electron chi connectivity index (χ3n) is 9.50. The Balaban J connectivity index is 1.31. The van der Waals surface area contributed by atoms with E-state index in [4.69, 9.17) is 23.7 Å². The van der Waals surface area contributed by atoms with E-state index in [2.05, 4.69) is 10.6 Å². The quantitative estimate of drug-likeness (QED) is 0.204. The number of nitrogens with zero attached hydrogens (tertiary/aromatic N) is 2. The van der Waals surface area contributed by atoms with Crippen LogP contribution in [0, 0.1) is 11.3 Å². The van der Waals surface area contributed by atoms with Crippen molar-refractivity contribution < 1.29 is 46.8 Å². The Kier molecular flexibility index (Phi) is 13.1. The zero-order chi connectivity index (χ0) is 36.6. The fraction of sp³-hybridized carbons (Fsp3) is 0.611. The number of ether oxygens (including phenoxy) is 5. The lowest BCUT2D eigenvalue weighted by Crippen LogP contribution is -2.52. The SMILES string of the molecule is CN(C)C(=O)NCCCCCC(C)(C)CN(C[C@@H](O)[C@H](Cc1ccccc1)NC(=O)O[C@H]1CO[C@H]2OCC[C@H]21)S(=O)(=O)c1ccc2c(c1)OCO2. The fourth-order valence-electron chi connectivity index (χ4n) is 6.61. The van der Waals surface area contributed by atoms with E-state index in [-0.39, 0.29) is 49.8 Å². The van der Waals surface area contributed by atoms with Crippen LogP contribution >= 0.6 is 0 Å². The average molecular weight is 733 g/mol. The predicted molar refractivity (Wildman–Crippen MR) is 188 cm³/mol. The first-order chi connectivity index (χ1) is 24.3. The van der Waals surface area contributed by atoms with Crippen LogP contribution in [0.2, 0.25) is 0 Å². The second-order valence-electron chi connectivity index (χ2n) is 14.4. The highest BCUT2D eigenvalue weighted by Crippen LogP contribution is 2.36. The smallest absolute Gasteiger partial charge is 0.407 e. The van der Waals surface area contributed by atoms with Crippen molar-refractivity contribution in [2.45, 2.75) is 81.8 Å². The van der Waals surface area contributed by atoms with Gasteiger partial charge in [0.2, 0.25) is 16.8 Å². The number of unbranched alkanes of at least 4 members (excludes halogenated alkanes) is 2. The maximum Gasteiger partial charge on any atom is 0.407 e. The summed E-state index contributed by atoms with van der Waals surface area (Å²) in [7, 11) is -0.780. The van der Waals surface area contributed by atoms with E-state index in [9.17, 15) is 23.1 Å². The lowest BCUT2D eigenvalue weighted by atomic mass is 9.86. The lowest BCUT2D eigenvalue weighted by molar-refractivity contribution is -0.0907. The molecule has 5 atom stereocenters. The number of alkyl carbamates (subject to hydrolysis) is 1. The van der Waals surface area contributed by atoms with Crippen LogP contribution in [0.3, 0.4) is 0 Å². The van der Waals surface area contributed by atoms with E-state index < -0.39 is 46.1 Å². The van der Waals surface area contributed by atoms with Crippen LogP contribution in [-0.2, 0) is 30.7 Å². The number of benzene rings is 2. The minimum absolute atomic E-state index is 0.00252. The van der Waals surface area contributed by atoms with Gasteiger partial charge in [-0.05, 0) is 48.8 Å². The fourth-order valence-corrected chi connectivity index (χ4v) is 8.27. The third-order valence-corrected chi connectivity index (χ3v) is 11.3. The molecule has 0 unspecified atom stereocenters. The number of aliphatic hydroxyl groups is 1. The van der Waals surface area contributed by atoms with Crippen molar-refractivity contribution >= 4 is 22.1 Å². The number of hydrogen-bond acceptors (Lipinski definition) is 10. The lowest BCUT2D eigenvalue weighted by Gasteiger charge is -2.35. The van der Waals surface area contributed by atoms with Crippen LogP contribution in [-0.4, -0.2) is 113 Å². The number of amides is 3. The number of sulfonamides is 1. The Hall–Kier alpha value is -3.63. The van der Waals surface area contributed by atoms with E-state index in [0.29, 0.717) is 37.5 Å². The molecule has 3 amide bonds. The first-order valence-corrected chi connectivity index (χ1v) is 19.0. The molecule has 15 heteroatoms. The van der Waals surface area contributed by atoms with Gasteiger partial charge in [0.05, 0.1) is 36.2 Å². The van der Waals surface area contributed by atoms with Crippen LogP contribution in [0.25, 0.3) is 0 Å². The van der Waals surface area contributed by atoms with Gasteiger partial charge in [-0.25, -0.2) is 18.0 Å². The number of nitrogens with one attached hydrogen (secondary N) is 2. The molecule has 0 aliphatic carbocycles. The number of rotatable bonds is 17. The molecule has 2 fully saturated rings. The van der Waals surface area contributed by atoms with Crippen molar-refractivity contribution in [3.05, 3.63) is 54.1 Å². The first-order valence-electron chi connectivity index (χ1n) is 17.6. The first kappa shape index (κ1) is 38.6. The Morgan fingerprint density at radius 2 is 1.80 bits per heavy atom. The number of hydrogen-bond donors (Lipinski definition) is 3. The van der Waals surface area contributed by atoms with Gasteiger partial charge in [0.25, 0.3) is 0 Å². The molecule has 51 heavy (non-hydrogen) atoms. The van der Waals surface area contributed by atoms with Crippen LogP contribution in [0.5, 0.6) is 11.5 Å². The monoisotopic (exact) mass is 732 g/mol. The molecule has 0 radical (unpaired) electrons. The largest absolute Gasteiger partial charge is 0.454 e. The molecule has 14 nitrogen and oxygen atoms in total. The molecule has 0 spiro atoms. The van der Waals surface area contributed by atoms with Crippen molar-refractivity contribution in [3.8, 4) is 11.5 Å². The Morgan fingerprint density at radius 3 is 2.57 bits per heavy atom. The molecule has 2 saturated heterocycles. The number of fused-ring (bicyclic) bond motifs is 2. The highest BCUT2D eigenvalue weighted by atomic mass is 32.2. The molecule has 3 aliphatic rings. The minimum Gasteiger partial charge on any atom is -0.454 e. The normalized spacial score (nSPS) is 20.9. The molecule has 3 heterocycles. The Morgan fingerprint density at radius 1 is 1.04 bits per heavy atom. The Labute approximate surface area is 300 Å². The summed E-state index contributed by atoms with van der Waals surface area (Å²) in [6.45, 7) is 5.10. The van der Waals surface area contributed by atoms with E-state index in [0.717, 1.165) is 24.8 Å². The van der Waals surface area contributed by atoms with Crippen LogP contribution < -0.4 is 20.1 Å². The van der Waals surface area contributed by atoms with Gasteiger partial charge < -0.3 is 44.3 Å². The summed E-state index contributed by atoms with van der Waals surface area (Å²) in [4.78, 5) is 26.6. The zero-order valence-electron chi connectivity index (χ0n) is 29.9. The van der Waals surface area contributed by atoms with E-state index in [1.165, 1.54) is 21.3 Å². The number of carbonyl (C=O) groups is 2. The number of aliphatic hydroxyl groups excluding tert-OH is 1. The molecule has 2 aromatic carbocycles. The molecule has 0 saturated carbocycles. The molecular formula is C36H52N4O10S. The van der Waals surface area contributed by atoms with Crippen LogP contribution in [0.1, 0.15) is 51.5 Å². The second-order valence-corrected chi connectivity index (χ2v) is 16.3. The second kappa shape index (κ2) is 17.3. The summed E-state index contributed by atoms with van der Waals surface area (Å²) in [5, 5.41) is 17.5. The summed E-state index contributed by atoms with van der Waals surface area (Å²) in [5.41, 5.74) is 0.363. The van der Waals surface area contributed by atoms with Crippen molar-refractivity contribution in [2.75, 3.05) is 53.7 Å². The zero-order valence-corrected chi connectivity index (χ0v) is 30.7. The summed E-state index contributed by atoms with van der Waals surface area (Å²) in [6.07, 6.45) is 1.20. The van der Waals surface area contributed by atoms with Gasteiger partial charge in [-0.2, -0.15) is 4.31 Å². The van der Waals surface area contributed by atoms with Gasteiger partial charge >= 0.3 is 12.1 Å². The summed E-state index contributed by atoms with van der Waals surface area (Å²) in [5.74, 6) is 0.723. The van der Waals surface area contributed by atoms with Crippen LogP contribution in [0.4, 0.5) is 9.59 Å². The molecule has 0 bridgehead atoms. The van der Waals surface area contributed by atoms with E-state index in [1.807, 2.05) is 44.2 Å². The molecule has 5 rings (SSSR count). The van der Waals surface area contributed by atoms with Crippen molar-refractivity contribution in [1.82, 2.24) is 19.8 Å². The summed E-state index contributed by atoms with van der Waals surface area (Å²) >= 11 is 0. The molecular weight excluding hydrogens is 680 g/mol. The third kappa shape index (κ3) is 10.5. The molecule has 0 aromatic heterocycles. The highest BCUT2D eigenvalue weighted by Gasteiger charge is 2.44. The summed E-state index contributed by atoms with van der Waals surface area (Å²) in [6, 6.07) is 12.8. The van der Waals surface area contributed by atoms with Crippen molar-refractivity contribution in [1.29, 1.82) is 0 Å². The van der Waals surface area contributed by atoms with Crippen molar-refractivity contribution in [3.63, 3.8) is 0 Å². The van der Waals surface area contributed by atoms with E-state index in [1.54, 1.807) is 20.2 Å². The van der Waals surface area contributed by atoms with Gasteiger partial charge in [-0.3, -0.25) is 0 Å². The number of carbonyl (C=O) groups excluding carboxylic acids is 2. The van der Waals surface area contributed by atoms with Gasteiger partial charge in [0, 0.05) is 39.8 Å². The van der Waals surface area contributed by atoms with Crippen molar-refractivity contribution in [2.24, 2.45) is 11.3 Å². The van der Waals surface area contributed by atoms with Crippen LogP contribution in [0.15, 0.2) is 53.4 Å². The Bertz CT molecular complexity index is 1570. The molecule has 3 aliphatic heterocycles. The van der Waals surface area contributed by atoms with Gasteiger partial charge in [-0.15, -0.1) is 0 Å². The number of urea groups is 1.